The first kappa shape index (κ1) is 12.1. The Balaban J connectivity index is 2.91. The minimum Gasteiger partial charge on any atom is -0.492 e. The fourth-order valence-corrected chi connectivity index (χ4v) is 1.49. The van der Waals surface area contributed by atoms with Crippen molar-refractivity contribution >= 4 is 17.4 Å². The van der Waals surface area contributed by atoms with Crippen LogP contribution in [0, 0.1) is 0 Å². The van der Waals surface area contributed by atoms with E-state index in [-0.39, 0.29) is 5.78 Å². The van der Waals surface area contributed by atoms with Crippen molar-refractivity contribution in [3.63, 3.8) is 0 Å². The lowest BCUT2D eigenvalue weighted by Gasteiger charge is -2.07. The Labute approximate surface area is 95.2 Å². The molecule has 0 N–H and O–H groups in total. The molecule has 0 saturated carbocycles. The first-order chi connectivity index (χ1) is 7.19. The second kappa shape index (κ2) is 5.76. The van der Waals surface area contributed by atoms with E-state index in [4.69, 9.17) is 16.3 Å². The molecule has 0 amide bonds. The fraction of sp³-hybridized carbons (Fsp3) is 0.417. The zero-order valence-electron chi connectivity index (χ0n) is 9.05. The smallest absolute Gasteiger partial charge is 0.163 e. The number of hydrogen-bond donors (Lipinski definition) is 0. The van der Waals surface area contributed by atoms with E-state index in [0.717, 1.165) is 6.42 Å². The van der Waals surface area contributed by atoms with E-state index in [1.165, 1.54) is 0 Å². The maximum atomic E-state index is 11.6. The molecule has 15 heavy (non-hydrogen) atoms. The highest BCUT2D eigenvalue weighted by molar-refractivity contribution is 6.32. The SMILES string of the molecule is CCCC(=O)c1ccc(Cl)c(OCC)c1. The van der Waals surface area contributed by atoms with Crippen LogP contribution in [0.3, 0.4) is 0 Å². The number of hydrogen-bond acceptors (Lipinski definition) is 2. The molecule has 1 rings (SSSR count). The van der Waals surface area contributed by atoms with Gasteiger partial charge in [0.15, 0.2) is 5.78 Å². The van der Waals surface area contributed by atoms with Crippen molar-refractivity contribution in [3.05, 3.63) is 28.8 Å². The molecule has 82 valence electrons. The largest absolute Gasteiger partial charge is 0.492 e. The third kappa shape index (κ3) is 3.24. The average Bonchev–Trinajstić information content (AvgIpc) is 2.22. The number of Topliss-reactive ketones (excluding diaryl/α,β-unsaturated/α-hetero) is 1. The molecule has 0 spiro atoms. The Hall–Kier alpha value is -1.02. The minimum absolute atomic E-state index is 0.134. The number of carbonyl (C=O) groups is 1. The van der Waals surface area contributed by atoms with Crippen molar-refractivity contribution in [3.8, 4) is 5.75 Å². The molecule has 0 fully saturated rings. The summed E-state index contributed by atoms with van der Waals surface area (Å²) in [6.07, 6.45) is 1.42. The molecule has 0 aliphatic rings. The van der Waals surface area contributed by atoms with Gasteiger partial charge in [0.25, 0.3) is 0 Å². The zero-order valence-corrected chi connectivity index (χ0v) is 9.80. The van der Waals surface area contributed by atoms with E-state index in [0.29, 0.717) is 29.4 Å². The van der Waals surface area contributed by atoms with Gasteiger partial charge >= 0.3 is 0 Å². The van der Waals surface area contributed by atoms with Crippen LogP contribution < -0.4 is 4.74 Å². The number of benzene rings is 1. The van der Waals surface area contributed by atoms with E-state index < -0.39 is 0 Å². The highest BCUT2D eigenvalue weighted by Crippen LogP contribution is 2.26. The summed E-state index contributed by atoms with van der Waals surface area (Å²) < 4.78 is 5.32. The van der Waals surface area contributed by atoms with E-state index in [9.17, 15) is 4.79 Å². The summed E-state index contributed by atoms with van der Waals surface area (Å²) in [7, 11) is 0. The van der Waals surface area contributed by atoms with Crippen LogP contribution in [0.15, 0.2) is 18.2 Å². The summed E-state index contributed by atoms with van der Waals surface area (Å²) in [5, 5.41) is 0.546. The van der Waals surface area contributed by atoms with E-state index in [2.05, 4.69) is 0 Å². The van der Waals surface area contributed by atoms with Crippen LogP contribution in [0.25, 0.3) is 0 Å². The van der Waals surface area contributed by atoms with Crippen molar-refractivity contribution in [2.24, 2.45) is 0 Å². The quantitative estimate of drug-likeness (QED) is 0.716. The summed E-state index contributed by atoms with van der Waals surface area (Å²) >= 11 is 5.92. The molecule has 0 bridgehead atoms. The third-order valence-corrected chi connectivity index (χ3v) is 2.34. The van der Waals surface area contributed by atoms with Crippen LogP contribution >= 0.6 is 11.6 Å². The maximum Gasteiger partial charge on any atom is 0.163 e. The average molecular weight is 227 g/mol. The van der Waals surface area contributed by atoms with Gasteiger partial charge in [0.05, 0.1) is 11.6 Å². The number of halogens is 1. The van der Waals surface area contributed by atoms with Gasteiger partial charge < -0.3 is 4.74 Å². The molecule has 0 atom stereocenters. The zero-order chi connectivity index (χ0) is 11.3. The van der Waals surface area contributed by atoms with E-state index >= 15 is 0 Å². The number of ketones is 1. The molecule has 1 aromatic rings. The molecular formula is C12H15ClO2. The van der Waals surface area contributed by atoms with Crippen molar-refractivity contribution < 1.29 is 9.53 Å². The molecule has 0 saturated heterocycles. The molecule has 0 aliphatic heterocycles. The summed E-state index contributed by atoms with van der Waals surface area (Å²) in [5.74, 6) is 0.719. The van der Waals surface area contributed by atoms with Crippen LogP contribution in [0.1, 0.15) is 37.0 Å². The fourth-order valence-electron chi connectivity index (χ4n) is 1.31. The lowest BCUT2D eigenvalue weighted by Crippen LogP contribution is -2.00. The van der Waals surface area contributed by atoms with Gasteiger partial charge in [-0.1, -0.05) is 18.5 Å². The van der Waals surface area contributed by atoms with Gasteiger partial charge in [-0.3, -0.25) is 4.79 Å². The lowest BCUT2D eigenvalue weighted by atomic mass is 10.1. The van der Waals surface area contributed by atoms with Gasteiger partial charge in [-0.2, -0.15) is 0 Å². The van der Waals surface area contributed by atoms with Crippen molar-refractivity contribution in [1.82, 2.24) is 0 Å². The predicted octanol–water partition coefficient (Wildman–Crippen LogP) is 3.72. The van der Waals surface area contributed by atoms with Gasteiger partial charge in [0.2, 0.25) is 0 Å². The predicted molar refractivity (Wildman–Crippen MR) is 61.9 cm³/mol. The number of carbonyl (C=O) groups excluding carboxylic acids is 1. The van der Waals surface area contributed by atoms with Crippen LogP contribution in [0.4, 0.5) is 0 Å². The summed E-state index contributed by atoms with van der Waals surface area (Å²) in [6, 6.07) is 5.15. The minimum atomic E-state index is 0.134. The Kier molecular flexibility index (Phi) is 4.63. The van der Waals surface area contributed by atoms with Gasteiger partial charge in [-0.05, 0) is 31.5 Å². The summed E-state index contributed by atoms with van der Waals surface area (Å²) in [6.45, 7) is 4.42. The second-order valence-corrected chi connectivity index (χ2v) is 3.66. The highest BCUT2D eigenvalue weighted by atomic mass is 35.5. The Morgan fingerprint density at radius 2 is 2.13 bits per heavy atom. The second-order valence-electron chi connectivity index (χ2n) is 3.25. The van der Waals surface area contributed by atoms with Crippen LogP contribution in [0.5, 0.6) is 5.75 Å². The topological polar surface area (TPSA) is 26.3 Å². The van der Waals surface area contributed by atoms with Crippen LogP contribution in [-0.4, -0.2) is 12.4 Å². The molecule has 0 heterocycles. The normalized spacial score (nSPS) is 10.1. The van der Waals surface area contributed by atoms with Gasteiger partial charge in [-0.15, -0.1) is 0 Å². The molecule has 3 heteroatoms. The van der Waals surface area contributed by atoms with Gasteiger partial charge in [-0.25, -0.2) is 0 Å². The van der Waals surface area contributed by atoms with Gasteiger partial charge in [0.1, 0.15) is 5.75 Å². The first-order valence-corrected chi connectivity index (χ1v) is 5.52. The Morgan fingerprint density at radius 3 is 2.73 bits per heavy atom. The lowest BCUT2D eigenvalue weighted by molar-refractivity contribution is 0.0981. The van der Waals surface area contributed by atoms with E-state index in [1.807, 2.05) is 13.8 Å². The molecule has 0 aliphatic carbocycles. The molecule has 0 aromatic heterocycles. The third-order valence-electron chi connectivity index (χ3n) is 2.03. The summed E-state index contributed by atoms with van der Waals surface area (Å²) in [4.78, 5) is 11.6. The monoisotopic (exact) mass is 226 g/mol. The summed E-state index contributed by atoms with van der Waals surface area (Å²) in [5.41, 5.74) is 0.671. The standard InChI is InChI=1S/C12H15ClO2/c1-3-5-11(14)9-6-7-10(13)12(8-9)15-4-2/h6-8H,3-5H2,1-2H3. The van der Waals surface area contributed by atoms with Gasteiger partial charge in [0, 0.05) is 12.0 Å². The molecule has 0 unspecified atom stereocenters. The van der Waals surface area contributed by atoms with Crippen LogP contribution in [-0.2, 0) is 0 Å². The van der Waals surface area contributed by atoms with Crippen molar-refractivity contribution in [2.45, 2.75) is 26.7 Å². The highest BCUT2D eigenvalue weighted by Gasteiger charge is 2.08. The number of rotatable bonds is 5. The van der Waals surface area contributed by atoms with Crippen LogP contribution in [0.2, 0.25) is 5.02 Å². The molecule has 0 radical (unpaired) electrons. The maximum absolute atomic E-state index is 11.6. The Morgan fingerprint density at radius 1 is 1.40 bits per heavy atom. The number of ether oxygens (including phenoxy) is 1. The van der Waals surface area contributed by atoms with E-state index in [1.54, 1.807) is 18.2 Å². The first-order valence-electron chi connectivity index (χ1n) is 5.14. The molecule has 1 aromatic carbocycles. The molecule has 2 nitrogen and oxygen atoms in total. The van der Waals surface area contributed by atoms with Crippen molar-refractivity contribution in [1.29, 1.82) is 0 Å². The van der Waals surface area contributed by atoms with Crippen molar-refractivity contribution in [2.75, 3.05) is 6.61 Å². The molecular weight excluding hydrogens is 212 g/mol. The Bertz CT molecular complexity index is 347.